The third kappa shape index (κ3) is 3.97. The second-order valence-corrected chi connectivity index (χ2v) is 8.22. The molecule has 1 fully saturated rings. The van der Waals surface area contributed by atoms with Crippen LogP contribution in [-0.4, -0.2) is 55.6 Å². The molecule has 0 aliphatic carbocycles. The molecule has 2 heterocycles. The lowest BCUT2D eigenvalue weighted by Gasteiger charge is -2.50. The molecule has 0 spiro atoms. The van der Waals surface area contributed by atoms with Gasteiger partial charge in [-0.15, -0.1) is 0 Å². The Morgan fingerprint density at radius 3 is 2.61 bits per heavy atom. The molecule has 28 heavy (non-hydrogen) atoms. The average Bonchev–Trinajstić information content (AvgIpc) is 2.67. The van der Waals surface area contributed by atoms with Gasteiger partial charge in [0.15, 0.2) is 11.5 Å². The lowest BCUT2D eigenvalue weighted by atomic mass is 9.77. The van der Waals surface area contributed by atoms with Crippen LogP contribution in [0.15, 0.2) is 12.1 Å². The average molecular weight is 392 g/mol. The number of fused-ring (bicyclic) bond motifs is 3. The summed E-state index contributed by atoms with van der Waals surface area (Å²) >= 11 is 0. The number of aliphatic hydroxyl groups is 1. The number of esters is 1. The fourth-order valence-electron chi connectivity index (χ4n) is 4.60. The molecular formula is C21H32N2O5. The van der Waals surface area contributed by atoms with E-state index in [1.165, 1.54) is 5.56 Å². The molecule has 0 bridgehead atoms. The van der Waals surface area contributed by atoms with E-state index in [-0.39, 0.29) is 18.5 Å². The molecule has 3 N–H and O–H groups in total. The predicted octanol–water partition coefficient (Wildman–Crippen LogP) is 1.86. The van der Waals surface area contributed by atoms with Gasteiger partial charge in [-0.2, -0.15) is 0 Å². The fourth-order valence-corrected chi connectivity index (χ4v) is 4.60. The van der Waals surface area contributed by atoms with Crippen molar-refractivity contribution < 1.29 is 24.1 Å². The van der Waals surface area contributed by atoms with Crippen molar-refractivity contribution in [1.82, 2.24) is 4.90 Å². The van der Waals surface area contributed by atoms with E-state index >= 15 is 0 Å². The monoisotopic (exact) mass is 392 g/mol. The second-order valence-electron chi connectivity index (χ2n) is 8.22. The standard InChI is InChI=1S/C21H32N2O5/c1-13(2)7-15-12-23-6-5-14-8-18(26-3)19(27-4)9-16(14)17(23)10-21(15,25)28-20(24)11-22/h8-9,13,15,17,25H,5-7,10-12,22H2,1-4H3. The van der Waals surface area contributed by atoms with E-state index in [0.29, 0.717) is 30.4 Å². The minimum Gasteiger partial charge on any atom is -0.493 e. The topological polar surface area (TPSA) is 94.2 Å². The normalized spacial score (nSPS) is 27.1. The number of ether oxygens (including phenoxy) is 3. The Balaban J connectivity index is 1.96. The van der Waals surface area contributed by atoms with Crippen molar-refractivity contribution in [2.24, 2.45) is 17.6 Å². The van der Waals surface area contributed by atoms with Gasteiger partial charge in [-0.1, -0.05) is 13.8 Å². The van der Waals surface area contributed by atoms with Gasteiger partial charge in [-0.05, 0) is 42.0 Å². The fraction of sp³-hybridized carbons (Fsp3) is 0.667. The number of carbonyl (C=O) groups excluding carboxylic acids is 1. The van der Waals surface area contributed by atoms with E-state index < -0.39 is 11.8 Å². The van der Waals surface area contributed by atoms with Crippen LogP contribution in [-0.2, 0) is 16.0 Å². The van der Waals surface area contributed by atoms with Gasteiger partial charge in [0.25, 0.3) is 0 Å². The molecule has 156 valence electrons. The first kappa shape index (κ1) is 20.9. The van der Waals surface area contributed by atoms with E-state index in [9.17, 15) is 9.90 Å². The summed E-state index contributed by atoms with van der Waals surface area (Å²) in [6, 6.07) is 3.94. The van der Waals surface area contributed by atoms with Crippen molar-refractivity contribution in [2.75, 3.05) is 33.9 Å². The van der Waals surface area contributed by atoms with Crippen molar-refractivity contribution >= 4 is 5.97 Å². The van der Waals surface area contributed by atoms with Gasteiger partial charge in [0, 0.05) is 31.5 Å². The van der Waals surface area contributed by atoms with Crippen molar-refractivity contribution in [1.29, 1.82) is 0 Å². The van der Waals surface area contributed by atoms with E-state index in [1.54, 1.807) is 14.2 Å². The maximum Gasteiger partial charge on any atom is 0.322 e. The summed E-state index contributed by atoms with van der Waals surface area (Å²) in [5.74, 6) is -0.507. The Kier molecular flexibility index (Phi) is 6.17. The second kappa shape index (κ2) is 8.27. The van der Waals surface area contributed by atoms with Gasteiger partial charge in [0.2, 0.25) is 5.79 Å². The van der Waals surface area contributed by atoms with Crippen LogP contribution < -0.4 is 15.2 Å². The molecule has 2 aliphatic rings. The Labute approximate surface area is 166 Å². The third-order valence-electron chi connectivity index (χ3n) is 5.91. The summed E-state index contributed by atoms with van der Waals surface area (Å²) in [5.41, 5.74) is 7.71. The summed E-state index contributed by atoms with van der Waals surface area (Å²) in [4.78, 5) is 14.3. The highest BCUT2D eigenvalue weighted by Gasteiger charge is 2.50. The van der Waals surface area contributed by atoms with Crippen LogP contribution in [0, 0.1) is 11.8 Å². The minimum absolute atomic E-state index is 0.0532. The molecule has 0 radical (unpaired) electrons. The summed E-state index contributed by atoms with van der Waals surface area (Å²) in [7, 11) is 3.24. The highest BCUT2D eigenvalue weighted by Crippen LogP contribution is 2.47. The Morgan fingerprint density at radius 2 is 2.00 bits per heavy atom. The van der Waals surface area contributed by atoms with Crippen LogP contribution in [0.4, 0.5) is 0 Å². The van der Waals surface area contributed by atoms with Gasteiger partial charge >= 0.3 is 5.97 Å². The maximum absolute atomic E-state index is 11.9. The zero-order valence-electron chi connectivity index (χ0n) is 17.2. The van der Waals surface area contributed by atoms with Crippen LogP contribution in [0.2, 0.25) is 0 Å². The number of methoxy groups -OCH3 is 2. The zero-order valence-corrected chi connectivity index (χ0v) is 17.2. The van der Waals surface area contributed by atoms with Gasteiger partial charge in [0.05, 0.1) is 20.8 Å². The highest BCUT2D eigenvalue weighted by atomic mass is 16.7. The minimum atomic E-state index is -1.52. The molecule has 0 amide bonds. The number of carbonyl (C=O) groups is 1. The molecule has 1 aromatic carbocycles. The first-order valence-electron chi connectivity index (χ1n) is 9.94. The SMILES string of the molecule is COc1cc2c(cc1OC)C1CC(O)(OC(=O)CN)C(CC(C)C)CN1CC2. The van der Waals surface area contributed by atoms with Crippen LogP contribution in [0.1, 0.15) is 43.9 Å². The Morgan fingerprint density at radius 1 is 1.32 bits per heavy atom. The largest absolute Gasteiger partial charge is 0.493 e. The quantitative estimate of drug-likeness (QED) is 0.564. The van der Waals surface area contributed by atoms with E-state index in [1.807, 2.05) is 12.1 Å². The van der Waals surface area contributed by atoms with Gasteiger partial charge < -0.3 is 25.1 Å². The van der Waals surface area contributed by atoms with E-state index in [4.69, 9.17) is 19.9 Å². The number of hydrogen-bond donors (Lipinski definition) is 2. The number of benzene rings is 1. The molecule has 3 unspecified atom stereocenters. The van der Waals surface area contributed by atoms with Gasteiger partial charge in [0.1, 0.15) is 0 Å². The summed E-state index contributed by atoms with van der Waals surface area (Å²) in [6.07, 6.45) is 2.00. The van der Waals surface area contributed by atoms with Crippen molar-refractivity contribution in [3.8, 4) is 11.5 Å². The van der Waals surface area contributed by atoms with E-state index in [2.05, 4.69) is 18.7 Å². The molecule has 0 aromatic heterocycles. The maximum atomic E-state index is 11.9. The Hall–Kier alpha value is -1.83. The molecule has 2 aliphatic heterocycles. The van der Waals surface area contributed by atoms with Crippen molar-refractivity contribution in [3.05, 3.63) is 23.3 Å². The molecule has 7 heteroatoms. The first-order chi connectivity index (χ1) is 13.3. The van der Waals surface area contributed by atoms with Gasteiger partial charge in [-0.3, -0.25) is 9.69 Å². The first-order valence-corrected chi connectivity index (χ1v) is 9.94. The highest BCUT2D eigenvalue weighted by molar-refractivity contribution is 5.71. The lowest BCUT2D eigenvalue weighted by Crippen LogP contribution is -2.57. The van der Waals surface area contributed by atoms with Gasteiger partial charge in [-0.25, -0.2) is 0 Å². The lowest BCUT2D eigenvalue weighted by molar-refractivity contribution is -0.259. The van der Waals surface area contributed by atoms with Crippen molar-refractivity contribution in [3.63, 3.8) is 0 Å². The van der Waals surface area contributed by atoms with Crippen LogP contribution >= 0.6 is 0 Å². The molecule has 1 saturated heterocycles. The number of rotatable bonds is 6. The number of nitrogens with zero attached hydrogens (tertiary/aromatic N) is 1. The summed E-state index contributed by atoms with van der Waals surface area (Å²) in [5, 5.41) is 11.4. The number of piperidine rings is 1. The molecule has 7 nitrogen and oxygen atoms in total. The van der Waals surface area contributed by atoms with E-state index in [0.717, 1.165) is 24.9 Å². The van der Waals surface area contributed by atoms with Crippen LogP contribution in [0.3, 0.4) is 0 Å². The Bertz CT molecular complexity index is 723. The third-order valence-corrected chi connectivity index (χ3v) is 5.91. The predicted molar refractivity (Wildman–Crippen MR) is 105 cm³/mol. The smallest absolute Gasteiger partial charge is 0.322 e. The molecule has 3 atom stereocenters. The molecule has 3 rings (SSSR count). The zero-order chi connectivity index (χ0) is 20.5. The molecule has 1 aromatic rings. The number of nitrogens with two attached hydrogens (primary N) is 1. The van der Waals surface area contributed by atoms with Crippen molar-refractivity contribution in [2.45, 2.75) is 44.9 Å². The molecular weight excluding hydrogens is 360 g/mol. The summed E-state index contributed by atoms with van der Waals surface area (Å²) < 4.78 is 16.4. The molecule has 0 saturated carbocycles. The van der Waals surface area contributed by atoms with Crippen LogP contribution in [0.25, 0.3) is 0 Å². The summed E-state index contributed by atoms with van der Waals surface area (Å²) in [6.45, 7) is 5.54. The van der Waals surface area contributed by atoms with Crippen LogP contribution in [0.5, 0.6) is 11.5 Å². The number of hydrogen-bond acceptors (Lipinski definition) is 7.